The summed E-state index contributed by atoms with van der Waals surface area (Å²) in [6.07, 6.45) is 0.147. The highest BCUT2D eigenvalue weighted by Gasteiger charge is 2.29. The number of rotatable bonds is 7. The van der Waals surface area contributed by atoms with Gasteiger partial charge in [0.05, 0.1) is 19.6 Å². The first-order valence-corrected chi connectivity index (χ1v) is 7.85. The molecule has 1 heterocycles. The molecule has 0 aliphatic carbocycles. The van der Waals surface area contributed by atoms with Crippen LogP contribution in [-0.2, 0) is 23.9 Å². The van der Waals surface area contributed by atoms with E-state index in [0.717, 1.165) is 4.90 Å². The van der Waals surface area contributed by atoms with Gasteiger partial charge < -0.3 is 10.1 Å². The van der Waals surface area contributed by atoms with Crippen molar-refractivity contribution in [2.45, 2.75) is 31.7 Å². The predicted molar refractivity (Wildman–Crippen MR) is 84.5 cm³/mol. The standard InChI is InChI=1S/C17H19FN2O5/c1-25-17(24)10-13(11-2-4-12(18)5-3-11)19-14(21)8-9-20-15(22)6-7-16(20)23/h2-5,13H,6-10H2,1H3,(H,19,21). The van der Waals surface area contributed by atoms with Crippen molar-refractivity contribution in [1.82, 2.24) is 10.2 Å². The van der Waals surface area contributed by atoms with E-state index in [1.54, 1.807) is 0 Å². The summed E-state index contributed by atoms with van der Waals surface area (Å²) in [7, 11) is 1.23. The van der Waals surface area contributed by atoms with Crippen LogP contribution < -0.4 is 5.32 Å². The Morgan fingerprint density at radius 1 is 1.20 bits per heavy atom. The van der Waals surface area contributed by atoms with Crippen molar-refractivity contribution >= 4 is 23.7 Å². The second-order valence-corrected chi connectivity index (χ2v) is 5.64. The van der Waals surface area contributed by atoms with Gasteiger partial charge in [-0.05, 0) is 17.7 Å². The lowest BCUT2D eigenvalue weighted by Gasteiger charge is -2.19. The highest BCUT2D eigenvalue weighted by molar-refractivity contribution is 6.02. The Hall–Kier alpha value is -2.77. The zero-order valence-corrected chi connectivity index (χ0v) is 13.8. The minimum Gasteiger partial charge on any atom is -0.469 e. The van der Waals surface area contributed by atoms with Crippen LogP contribution in [0.5, 0.6) is 0 Å². The Bertz CT molecular complexity index is 658. The highest BCUT2D eigenvalue weighted by Crippen LogP contribution is 2.19. The molecule has 0 spiro atoms. The number of carbonyl (C=O) groups excluding carboxylic acids is 4. The van der Waals surface area contributed by atoms with Gasteiger partial charge in [0.2, 0.25) is 17.7 Å². The lowest BCUT2D eigenvalue weighted by molar-refractivity contribution is -0.141. The van der Waals surface area contributed by atoms with Gasteiger partial charge in [0.25, 0.3) is 0 Å². The molecule has 0 aromatic heterocycles. The second kappa shape index (κ2) is 8.36. The maximum atomic E-state index is 13.1. The number of carbonyl (C=O) groups is 4. The van der Waals surface area contributed by atoms with Crippen LogP contribution >= 0.6 is 0 Å². The van der Waals surface area contributed by atoms with Crippen molar-refractivity contribution in [3.05, 3.63) is 35.6 Å². The quantitative estimate of drug-likeness (QED) is 0.587. The van der Waals surface area contributed by atoms with E-state index in [1.165, 1.54) is 31.4 Å². The van der Waals surface area contributed by atoms with Crippen molar-refractivity contribution in [2.75, 3.05) is 13.7 Å². The average molecular weight is 350 g/mol. The van der Waals surface area contributed by atoms with Gasteiger partial charge in [-0.25, -0.2) is 4.39 Å². The van der Waals surface area contributed by atoms with Crippen LogP contribution in [0.1, 0.15) is 37.3 Å². The molecule has 1 aromatic rings. The van der Waals surface area contributed by atoms with Gasteiger partial charge in [0, 0.05) is 25.8 Å². The van der Waals surface area contributed by atoms with E-state index in [1.807, 2.05) is 0 Å². The number of methoxy groups -OCH3 is 1. The van der Waals surface area contributed by atoms with Crippen LogP contribution in [0.2, 0.25) is 0 Å². The fourth-order valence-corrected chi connectivity index (χ4v) is 2.55. The van der Waals surface area contributed by atoms with E-state index in [2.05, 4.69) is 10.1 Å². The summed E-state index contributed by atoms with van der Waals surface area (Å²) in [5, 5.41) is 2.66. The normalized spacial score (nSPS) is 15.2. The fraction of sp³-hybridized carbons (Fsp3) is 0.412. The molecular formula is C17H19FN2O5. The Balaban J connectivity index is 1.98. The highest BCUT2D eigenvalue weighted by atomic mass is 19.1. The lowest BCUT2D eigenvalue weighted by Crippen LogP contribution is -2.36. The van der Waals surface area contributed by atoms with Gasteiger partial charge in [0.1, 0.15) is 5.82 Å². The molecule has 1 N–H and O–H groups in total. The molecule has 2 rings (SSSR count). The van der Waals surface area contributed by atoms with Crippen molar-refractivity contribution in [1.29, 1.82) is 0 Å². The number of ether oxygens (including phenoxy) is 1. The molecule has 134 valence electrons. The van der Waals surface area contributed by atoms with Crippen LogP contribution in [0.4, 0.5) is 4.39 Å². The maximum Gasteiger partial charge on any atom is 0.307 e. The predicted octanol–water partition coefficient (Wildman–Crippen LogP) is 1.09. The number of halogens is 1. The first kappa shape index (κ1) is 18.6. The molecule has 0 bridgehead atoms. The fourth-order valence-electron chi connectivity index (χ4n) is 2.55. The van der Waals surface area contributed by atoms with Gasteiger partial charge >= 0.3 is 5.97 Å². The molecular weight excluding hydrogens is 331 g/mol. The number of amides is 3. The molecule has 25 heavy (non-hydrogen) atoms. The van der Waals surface area contributed by atoms with Crippen molar-refractivity contribution in [3.63, 3.8) is 0 Å². The molecule has 1 aromatic carbocycles. The summed E-state index contributed by atoms with van der Waals surface area (Å²) < 4.78 is 17.7. The molecule has 8 heteroatoms. The van der Waals surface area contributed by atoms with E-state index >= 15 is 0 Å². The molecule has 1 fully saturated rings. The molecule has 7 nitrogen and oxygen atoms in total. The Kier molecular flexibility index (Phi) is 6.21. The molecule has 0 saturated carbocycles. The molecule has 1 aliphatic rings. The van der Waals surface area contributed by atoms with Gasteiger partial charge in [-0.15, -0.1) is 0 Å². The summed E-state index contributed by atoms with van der Waals surface area (Å²) in [6, 6.07) is 4.71. The Morgan fingerprint density at radius 2 is 1.80 bits per heavy atom. The summed E-state index contributed by atoms with van der Waals surface area (Å²) in [6.45, 7) is -0.00212. The molecule has 0 radical (unpaired) electrons. The lowest BCUT2D eigenvalue weighted by atomic mass is 10.0. The van der Waals surface area contributed by atoms with Crippen LogP contribution in [0.15, 0.2) is 24.3 Å². The summed E-state index contributed by atoms with van der Waals surface area (Å²) in [5.41, 5.74) is 0.550. The van der Waals surface area contributed by atoms with E-state index in [4.69, 9.17) is 0 Å². The number of imide groups is 1. The van der Waals surface area contributed by atoms with Gasteiger partial charge in [-0.1, -0.05) is 12.1 Å². The maximum absolute atomic E-state index is 13.1. The zero-order valence-electron chi connectivity index (χ0n) is 13.8. The first-order chi connectivity index (χ1) is 11.9. The minimum absolute atomic E-state index is 0.00212. The monoisotopic (exact) mass is 350 g/mol. The molecule has 1 unspecified atom stereocenters. The van der Waals surface area contributed by atoms with Gasteiger partial charge in [-0.3, -0.25) is 24.1 Å². The van der Waals surface area contributed by atoms with E-state index in [0.29, 0.717) is 5.56 Å². The topological polar surface area (TPSA) is 92.8 Å². The van der Waals surface area contributed by atoms with Crippen LogP contribution in [0, 0.1) is 5.82 Å². The Morgan fingerprint density at radius 3 is 2.36 bits per heavy atom. The molecule has 1 saturated heterocycles. The SMILES string of the molecule is COC(=O)CC(NC(=O)CCN1C(=O)CCC1=O)c1ccc(F)cc1. The largest absolute Gasteiger partial charge is 0.469 e. The zero-order chi connectivity index (χ0) is 18.4. The van der Waals surface area contributed by atoms with Gasteiger partial charge in [-0.2, -0.15) is 0 Å². The number of hydrogen-bond acceptors (Lipinski definition) is 5. The molecule has 1 atom stereocenters. The number of hydrogen-bond donors (Lipinski definition) is 1. The van der Waals surface area contributed by atoms with Crippen molar-refractivity contribution < 1.29 is 28.3 Å². The van der Waals surface area contributed by atoms with Crippen LogP contribution in [0.3, 0.4) is 0 Å². The summed E-state index contributed by atoms with van der Waals surface area (Å²) >= 11 is 0. The summed E-state index contributed by atoms with van der Waals surface area (Å²) in [4.78, 5) is 47.8. The third-order valence-electron chi connectivity index (χ3n) is 3.92. The number of nitrogens with one attached hydrogen (secondary N) is 1. The third kappa shape index (κ3) is 5.10. The van der Waals surface area contributed by atoms with Crippen molar-refractivity contribution in [2.24, 2.45) is 0 Å². The van der Waals surface area contributed by atoms with E-state index < -0.39 is 23.7 Å². The summed E-state index contributed by atoms with van der Waals surface area (Å²) in [5.74, 6) is -1.96. The van der Waals surface area contributed by atoms with E-state index in [-0.39, 0.29) is 44.0 Å². The van der Waals surface area contributed by atoms with Crippen LogP contribution in [0.25, 0.3) is 0 Å². The van der Waals surface area contributed by atoms with Crippen LogP contribution in [-0.4, -0.2) is 42.2 Å². The Labute approximate surface area is 144 Å². The van der Waals surface area contributed by atoms with E-state index in [9.17, 15) is 23.6 Å². The van der Waals surface area contributed by atoms with Crippen molar-refractivity contribution in [3.8, 4) is 0 Å². The number of esters is 1. The minimum atomic E-state index is -0.689. The first-order valence-electron chi connectivity index (χ1n) is 7.85. The number of nitrogens with zero attached hydrogens (tertiary/aromatic N) is 1. The smallest absolute Gasteiger partial charge is 0.307 e. The number of benzene rings is 1. The third-order valence-corrected chi connectivity index (χ3v) is 3.92. The average Bonchev–Trinajstić information content (AvgIpc) is 2.91. The van der Waals surface area contributed by atoms with Gasteiger partial charge in [0.15, 0.2) is 0 Å². The molecule has 1 aliphatic heterocycles. The number of likely N-dealkylation sites (tertiary alicyclic amines) is 1. The molecule has 3 amide bonds. The second-order valence-electron chi connectivity index (χ2n) is 5.64.